The summed E-state index contributed by atoms with van der Waals surface area (Å²) in [6, 6.07) is 0. The minimum absolute atomic E-state index is 0.0326. The van der Waals surface area contributed by atoms with Crippen molar-refractivity contribution in [2.75, 3.05) is 19.7 Å². The van der Waals surface area contributed by atoms with Crippen molar-refractivity contribution in [3.05, 3.63) is 11.4 Å². The van der Waals surface area contributed by atoms with Crippen LogP contribution in [0.15, 0.2) is 0 Å². The number of carbonyl (C=O) groups excluding carboxylic acids is 2. The first-order chi connectivity index (χ1) is 10.2. The van der Waals surface area contributed by atoms with Gasteiger partial charge in [-0.2, -0.15) is 0 Å². The number of aromatic nitrogens is 3. The number of carbonyl (C=O) groups is 2. The molecule has 1 aliphatic rings. The number of hydrogen-bond acceptors (Lipinski definition) is 5. The minimum atomic E-state index is -0.471. The molecule has 7 nitrogen and oxygen atoms in total. The zero-order valence-electron chi connectivity index (χ0n) is 12.7. The maximum atomic E-state index is 12.2. The molecule has 1 amide bonds. The average molecular weight is 294 g/mol. The second-order valence-electron chi connectivity index (χ2n) is 5.10. The van der Waals surface area contributed by atoms with Crippen LogP contribution in [0.1, 0.15) is 49.3 Å². The van der Waals surface area contributed by atoms with E-state index in [0.717, 1.165) is 32.4 Å². The molecule has 2 heterocycles. The maximum absolute atomic E-state index is 12.2. The molecule has 0 radical (unpaired) electrons. The topological polar surface area (TPSA) is 77.3 Å². The largest absolute Gasteiger partial charge is 0.461 e. The van der Waals surface area contributed by atoms with Gasteiger partial charge in [0, 0.05) is 13.1 Å². The fourth-order valence-electron chi connectivity index (χ4n) is 2.50. The molecule has 0 bridgehead atoms. The summed E-state index contributed by atoms with van der Waals surface area (Å²) in [7, 11) is 0. The van der Waals surface area contributed by atoms with Gasteiger partial charge in [0.25, 0.3) is 0 Å². The lowest BCUT2D eigenvalue weighted by atomic mass is 10.2. The number of rotatable bonds is 6. The van der Waals surface area contributed by atoms with Gasteiger partial charge >= 0.3 is 5.97 Å². The van der Waals surface area contributed by atoms with Crippen LogP contribution in [-0.2, 0) is 22.5 Å². The highest BCUT2D eigenvalue weighted by Gasteiger charge is 2.24. The molecule has 0 spiro atoms. The van der Waals surface area contributed by atoms with Crippen LogP contribution in [0.3, 0.4) is 0 Å². The normalized spacial score (nSPS) is 14.5. The van der Waals surface area contributed by atoms with Crippen molar-refractivity contribution in [3.8, 4) is 0 Å². The molecule has 0 aromatic carbocycles. The predicted molar refractivity (Wildman–Crippen MR) is 75.8 cm³/mol. The van der Waals surface area contributed by atoms with Crippen LogP contribution < -0.4 is 0 Å². The van der Waals surface area contributed by atoms with Crippen LogP contribution in [-0.4, -0.2) is 51.5 Å². The van der Waals surface area contributed by atoms with E-state index in [4.69, 9.17) is 4.74 Å². The zero-order valence-corrected chi connectivity index (χ0v) is 12.7. The molecule has 0 saturated carbocycles. The molecule has 0 aliphatic carbocycles. The molecule has 1 aromatic rings. The molecule has 116 valence electrons. The summed E-state index contributed by atoms with van der Waals surface area (Å²) in [5, 5.41) is 7.87. The summed E-state index contributed by atoms with van der Waals surface area (Å²) >= 11 is 0. The van der Waals surface area contributed by atoms with Crippen LogP contribution in [0.4, 0.5) is 0 Å². The number of nitrogens with zero attached hydrogens (tertiary/aromatic N) is 4. The predicted octanol–water partition coefficient (Wildman–Crippen LogP) is 1.03. The van der Waals surface area contributed by atoms with E-state index in [1.807, 2.05) is 11.8 Å². The molecular formula is C14H22N4O3. The molecule has 0 N–H and O–H groups in total. The molecule has 0 unspecified atom stereocenters. The van der Waals surface area contributed by atoms with E-state index in [0.29, 0.717) is 18.7 Å². The van der Waals surface area contributed by atoms with Gasteiger partial charge in [-0.05, 0) is 26.2 Å². The molecule has 21 heavy (non-hydrogen) atoms. The van der Waals surface area contributed by atoms with Crippen LogP contribution in [0.2, 0.25) is 0 Å². The number of likely N-dealkylation sites (tertiary alicyclic amines) is 1. The van der Waals surface area contributed by atoms with E-state index in [-0.39, 0.29) is 18.1 Å². The van der Waals surface area contributed by atoms with Gasteiger partial charge in [0.05, 0.1) is 12.3 Å². The first-order valence-electron chi connectivity index (χ1n) is 7.54. The van der Waals surface area contributed by atoms with Gasteiger partial charge in [0.2, 0.25) is 5.91 Å². The summed E-state index contributed by atoms with van der Waals surface area (Å²) in [4.78, 5) is 25.9. The lowest BCUT2D eigenvalue weighted by molar-refractivity contribution is -0.131. The van der Waals surface area contributed by atoms with Crippen molar-refractivity contribution >= 4 is 11.9 Å². The van der Waals surface area contributed by atoms with Gasteiger partial charge in [0.15, 0.2) is 5.69 Å². The summed E-state index contributed by atoms with van der Waals surface area (Å²) in [5.74, 6) is -0.439. The number of hydrogen-bond donors (Lipinski definition) is 0. The Morgan fingerprint density at radius 3 is 2.57 bits per heavy atom. The quantitative estimate of drug-likeness (QED) is 0.732. The fraction of sp³-hybridized carbons (Fsp3) is 0.714. The summed E-state index contributed by atoms with van der Waals surface area (Å²) in [5.41, 5.74) is 0.913. The van der Waals surface area contributed by atoms with Crippen molar-refractivity contribution in [1.82, 2.24) is 19.9 Å². The SMILES string of the molecule is CCCc1c(C(=O)OCC)nnn1CC(=O)N1CCCC1. The fourth-order valence-corrected chi connectivity index (χ4v) is 2.50. The third-order valence-corrected chi connectivity index (χ3v) is 3.54. The van der Waals surface area contributed by atoms with Gasteiger partial charge in [0.1, 0.15) is 6.54 Å². The van der Waals surface area contributed by atoms with Crippen LogP contribution >= 0.6 is 0 Å². The van der Waals surface area contributed by atoms with Gasteiger partial charge in [-0.15, -0.1) is 5.10 Å². The second-order valence-corrected chi connectivity index (χ2v) is 5.10. The minimum Gasteiger partial charge on any atom is -0.461 e. The first kappa shape index (κ1) is 15.5. The van der Waals surface area contributed by atoms with Crippen LogP contribution in [0.25, 0.3) is 0 Å². The maximum Gasteiger partial charge on any atom is 0.360 e. The second kappa shape index (κ2) is 7.19. The number of ether oxygens (including phenoxy) is 1. The Morgan fingerprint density at radius 1 is 1.24 bits per heavy atom. The summed E-state index contributed by atoms with van der Waals surface area (Å²) in [6.45, 7) is 5.81. The molecular weight excluding hydrogens is 272 g/mol. The molecule has 1 aromatic heterocycles. The molecule has 7 heteroatoms. The Bertz CT molecular complexity index is 506. The van der Waals surface area contributed by atoms with Gasteiger partial charge in [-0.1, -0.05) is 18.6 Å². The lowest BCUT2D eigenvalue weighted by Gasteiger charge is -2.15. The van der Waals surface area contributed by atoms with Crippen molar-refractivity contribution in [3.63, 3.8) is 0 Å². The third kappa shape index (κ3) is 3.59. The molecule has 2 rings (SSSR count). The first-order valence-corrected chi connectivity index (χ1v) is 7.54. The van der Waals surface area contributed by atoms with Gasteiger partial charge in [-0.3, -0.25) is 4.79 Å². The van der Waals surface area contributed by atoms with Gasteiger partial charge < -0.3 is 9.64 Å². The highest BCUT2D eigenvalue weighted by atomic mass is 16.5. The van der Waals surface area contributed by atoms with Crippen molar-refractivity contribution < 1.29 is 14.3 Å². The van der Waals surface area contributed by atoms with E-state index in [1.165, 1.54) is 4.68 Å². The van der Waals surface area contributed by atoms with Crippen molar-refractivity contribution in [2.45, 2.75) is 46.1 Å². The Morgan fingerprint density at radius 2 is 1.95 bits per heavy atom. The Labute approximate surface area is 124 Å². The van der Waals surface area contributed by atoms with Gasteiger partial charge in [-0.25, -0.2) is 9.48 Å². The number of amides is 1. The van der Waals surface area contributed by atoms with Crippen LogP contribution in [0.5, 0.6) is 0 Å². The number of esters is 1. The highest BCUT2D eigenvalue weighted by molar-refractivity contribution is 5.88. The molecule has 0 atom stereocenters. The smallest absolute Gasteiger partial charge is 0.360 e. The van der Waals surface area contributed by atoms with E-state index in [2.05, 4.69) is 10.3 Å². The van der Waals surface area contributed by atoms with E-state index in [9.17, 15) is 9.59 Å². The standard InChI is InChI=1S/C14H22N4O3/c1-3-7-11-13(14(20)21-4-2)15-16-18(11)10-12(19)17-8-5-6-9-17/h3-10H2,1-2H3. The molecule has 1 aliphatic heterocycles. The van der Waals surface area contributed by atoms with Crippen molar-refractivity contribution in [1.29, 1.82) is 0 Å². The molecule has 1 saturated heterocycles. The zero-order chi connectivity index (χ0) is 15.2. The molecule has 1 fully saturated rings. The van der Waals surface area contributed by atoms with E-state index >= 15 is 0 Å². The van der Waals surface area contributed by atoms with E-state index in [1.54, 1.807) is 6.92 Å². The Kier molecular flexibility index (Phi) is 5.30. The monoisotopic (exact) mass is 294 g/mol. The summed E-state index contributed by atoms with van der Waals surface area (Å²) < 4.78 is 6.52. The Hall–Kier alpha value is -1.92. The summed E-state index contributed by atoms with van der Waals surface area (Å²) in [6.07, 6.45) is 3.60. The lowest BCUT2D eigenvalue weighted by Crippen LogP contribution is -2.32. The van der Waals surface area contributed by atoms with Crippen LogP contribution in [0, 0.1) is 0 Å². The average Bonchev–Trinajstić information content (AvgIpc) is 3.10. The third-order valence-electron chi connectivity index (χ3n) is 3.54. The van der Waals surface area contributed by atoms with E-state index < -0.39 is 5.97 Å². The van der Waals surface area contributed by atoms with Crippen molar-refractivity contribution in [2.24, 2.45) is 0 Å². The highest BCUT2D eigenvalue weighted by Crippen LogP contribution is 2.13. The Balaban J connectivity index is 2.14.